The van der Waals surface area contributed by atoms with E-state index in [1.54, 1.807) is 30.3 Å². The van der Waals surface area contributed by atoms with E-state index in [-0.39, 0.29) is 27.0 Å². The highest BCUT2D eigenvalue weighted by atomic mass is 35.5. The number of carboxylic acid groups (broad SMARTS) is 1. The number of furan rings is 1. The Morgan fingerprint density at radius 2 is 1.88 bits per heavy atom. The lowest BCUT2D eigenvalue weighted by atomic mass is 10.1. The van der Waals surface area contributed by atoms with Gasteiger partial charge in [0.1, 0.15) is 17.1 Å². The lowest BCUT2D eigenvalue weighted by Crippen LogP contribution is -2.54. The Balaban J connectivity index is 1.64. The van der Waals surface area contributed by atoms with Crippen molar-refractivity contribution < 1.29 is 23.9 Å². The van der Waals surface area contributed by atoms with Crippen LogP contribution in [-0.4, -0.2) is 28.0 Å². The summed E-state index contributed by atoms with van der Waals surface area (Å²) in [6.07, 6.45) is 2.19. The fourth-order valence-electron chi connectivity index (χ4n) is 3.34. The molecule has 0 unspecified atom stereocenters. The highest BCUT2D eigenvalue weighted by Gasteiger charge is 2.34. The molecule has 7 nitrogen and oxygen atoms in total. The van der Waals surface area contributed by atoms with Crippen LogP contribution in [0.5, 0.6) is 0 Å². The molecule has 0 aliphatic carbocycles. The quantitative estimate of drug-likeness (QED) is 0.312. The summed E-state index contributed by atoms with van der Waals surface area (Å²) < 4.78 is 5.76. The average molecular weight is 481 g/mol. The van der Waals surface area contributed by atoms with Gasteiger partial charge < -0.3 is 9.52 Å². The zero-order valence-electron chi connectivity index (χ0n) is 17.3. The molecule has 0 atom stereocenters. The number of benzene rings is 2. The minimum absolute atomic E-state index is 0.000283. The summed E-state index contributed by atoms with van der Waals surface area (Å²) in [5.74, 6) is -1.67. The first kappa shape index (κ1) is 22.4. The molecule has 4 rings (SSSR count). The van der Waals surface area contributed by atoms with Crippen molar-refractivity contribution in [3.8, 4) is 11.3 Å². The third-order valence-electron chi connectivity index (χ3n) is 5.10. The Morgan fingerprint density at radius 1 is 1.15 bits per heavy atom. The van der Waals surface area contributed by atoms with Gasteiger partial charge in [-0.15, -0.1) is 0 Å². The van der Waals surface area contributed by atoms with E-state index in [0.29, 0.717) is 17.0 Å². The van der Waals surface area contributed by atoms with Crippen molar-refractivity contribution >= 4 is 58.5 Å². The van der Waals surface area contributed by atoms with Gasteiger partial charge in [-0.3, -0.25) is 19.8 Å². The first-order valence-corrected chi connectivity index (χ1v) is 10.7. The smallest absolute Gasteiger partial charge is 0.337 e. The van der Waals surface area contributed by atoms with Gasteiger partial charge in [-0.1, -0.05) is 36.7 Å². The number of hydrogen-bond acceptors (Lipinski definition) is 5. The highest BCUT2D eigenvalue weighted by molar-refractivity contribution is 7.80. The van der Waals surface area contributed by atoms with Crippen molar-refractivity contribution in [1.82, 2.24) is 5.32 Å². The number of thiocarbonyl (C=S) groups is 1. The molecule has 0 radical (unpaired) electrons. The standard InChI is InChI=1S/C24H17ClN2O5S/c1-2-13-3-6-15(7-4-13)27-22(29)18(21(28)26-24(27)33)12-16-8-10-20(32-16)14-5-9-17(23(30)31)19(25)11-14/h3-12H,2H2,1H3,(H,30,31)(H,26,28,33)/b18-12+. The number of carbonyl (C=O) groups excluding carboxylic acids is 2. The molecule has 1 fully saturated rings. The number of nitrogens with zero attached hydrogens (tertiary/aromatic N) is 1. The molecule has 166 valence electrons. The summed E-state index contributed by atoms with van der Waals surface area (Å²) in [5, 5.41) is 11.7. The second-order valence-electron chi connectivity index (χ2n) is 7.18. The van der Waals surface area contributed by atoms with Crippen LogP contribution in [0.4, 0.5) is 5.69 Å². The maximum absolute atomic E-state index is 13.1. The second kappa shape index (κ2) is 9.01. The molecule has 3 aromatic rings. The van der Waals surface area contributed by atoms with Crippen LogP contribution >= 0.6 is 23.8 Å². The van der Waals surface area contributed by atoms with Crippen LogP contribution in [0.25, 0.3) is 17.4 Å². The Kier molecular flexibility index (Phi) is 6.13. The second-order valence-corrected chi connectivity index (χ2v) is 7.97. The van der Waals surface area contributed by atoms with Crippen LogP contribution in [0.1, 0.15) is 28.6 Å². The van der Waals surface area contributed by atoms with Gasteiger partial charge in [-0.25, -0.2) is 4.79 Å². The number of carbonyl (C=O) groups is 3. The molecule has 0 saturated carbocycles. The van der Waals surface area contributed by atoms with E-state index in [1.807, 2.05) is 19.1 Å². The Hall–Kier alpha value is -3.75. The number of carboxylic acids is 1. The fourth-order valence-corrected chi connectivity index (χ4v) is 3.88. The van der Waals surface area contributed by atoms with E-state index in [9.17, 15) is 14.4 Å². The highest BCUT2D eigenvalue weighted by Crippen LogP contribution is 2.29. The molecule has 33 heavy (non-hydrogen) atoms. The molecule has 1 saturated heterocycles. The predicted octanol–water partition coefficient (Wildman–Crippen LogP) is 4.69. The number of halogens is 1. The molecule has 0 bridgehead atoms. The van der Waals surface area contributed by atoms with Gasteiger partial charge in [-0.05, 0) is 66.7 Å². The summed E-state index contributed by atoms with van der Waals surface area (Å²) in [6.45, 7) is 2.03. The summed E-state index contributed by atoms with van der Waals surface area (Å²) >= 11 is 11.3. The number of aryl methyl sites for hydroxylation is 1. The van der Waals surface area contributed by atoms with Gasteiger partial charge >= 0.3 is 5.97 Å². The largest absolute Gasteiger partial charge is 0.478 e. The molecule has 2 N–H and O–H groups in total. The Morgan fingerprint density at radius 3 is 2.52 bits per heavy atom. The molecule has 2 heterocycles. The number of nitrogens with one attached hydrogen (secondary N) is 1. The number of hydrogen-bond donors (Lipinski definition) is 2. The molecule has 2 aromatic carbocycles. The summed E-state index contributed by atoms with van der Waals surface area (Å²) in [4.78, 5) is 38.0. The molecule has 1 aromatic heterocycles. The van der Waals surface area contributed by atoms with Crippen molar-refractivity contribution in [3.05, 3.63) is 82.1 Å². The van der Waals surface area contributed by atoms with Crippen LogP contribution in [0.2, 0.25) is 5.02 Å². The van der Waals surface area contributed by atoms with Crippen LogP contribution in [-0.2, 0) is 16.0 Å². The van der Waals surface area contributed by atoms with E-state index in [0.717, 1.165) is 12.0 Å². The number of amides is 2. The Bertz CT molecular complexity index is 1330. The minimum Gasteiger partial charge on any atom is -0.478 e. The van der Waals surface area contributed by atoms with Gasteiger partial charge in [-0.2, -0.15) is 0 Å². The van der Waals surface area contributed by atoms with Crippen LogP contribution in [0, 0.1) is 0 Å². The molecular formula is C24H17ClN2O5S. The van der Waals surface area contributed by atoms with E-state index in [4.69, 9.17) is 33.3 Å². The molecule has 2 amide bonds. The van der Waals surface area contributed by atoms with Crippen molar-refractivity contribution in [2.75, 3.05) is 4.90 Å². The van der Waals surface area contributed by atoms with E-state index in [1.165, 1.54) is 23.1 Å². The van der Waals surface area contributed by atoms with Gasteiger partial charge in [0, 0.05) is 5.56 Å². The zero-order valence-corrected chi connectivity index (χ0v) is 18.9. The fraction of sp³-hybridized carbons (Fsp3) is 0.0833. The minimum atomic E-state index is -1.13. The molecule has 9 heteroatoms. The topological polar surface area (TPSA) is 99.8 Å². The van der Waals surface area contributed by atoms with Gasteiger partial charge in [0.15, 0.2) is 5.11 Å². The summed E-state index contributed by atoms with van der Waals surface area (Å²) in [5.41, 5.74) is 2.04. The number of rotatable bonds is 5. The molecule has 1 aliphatic rings. The molecule has 0 spiro atoms. The van der Waals surface area contributed by atoms with Gasteiger partial charge in [0.05, 0.1) is 16.3 Å². The molecular weight excluding hydrogens is 464 g/mol. The average Bonchev–Trinajstić information content (AvgIpc) is 3.25. The van der Waals surface area contributed by atoms with Crippen LogP contribution in [0.15, 0.2) is 64.6 Å². The molecule has 1 aliphatic heterocycles. The van der Waals surface area contributed by atoms with Crippen LogP contribution < -0.4 is 10.2 Å². The Labute approximate surface area is 199 Å². The van der Waals surface area contributed by atoms with Crippen molar-refractivity contribution in [2.24, 2.45) is 0 Å². The SMILES string of the molecule is CCc1ccc(N2C(=O)/C(=C/c3ccc(-c4ccc(C(=O)O)c(Cl)c4)o3)C(=O)NC2=S)cc1. The normalized spacial score (nSPS) is 15.2. The first-order valence-electron chi connectivity index (χ1n) is 9.92. The lowest BCUT2D eigenvalue weighted by molar-refractivity contribution is -0.122. The van der Waals surface area contributed by atoms with E-state index < -0.39 is 17.8 Å². The van der Waals surface area contributed by atoms with E-state index >= 15 is 0 Å². The third kappa shape index (κ3) is 4.44. The van der Waals surface area contributed by atoms with Crippen molar-refractivity contribution in [3.63, 3.8) is 0 Å². The summed E-state index contributed by atoms with van der Waals surface area (Å²) in [7, 11) is 0. The van der Waals surface area contributed by atoms with Crippen molar-refractivity contribution in [2.45, 2.75) is 13.3 Å². The van der Waals surface area contributed by atoms with Gasteiger partial charge in [0.25, 0.3) is 11.8 Å². The van der Waals surface area contributed by atoms with Crippen LogP contribution in [0.3, 0.4) is 0 Å². The summed E-state index contributed by atoms with van der Waals surface area (Å²) in [6, 6.07) is 15.0. The zero-order chi connectivity index (χ0) is 23.7. The lowest BCUT2D eigenvalue weighted by Gasteiger charge is -2.28. The van der Waals surface area contributed by atoms with Gasteiger partial charge in [0.2, 0.25) is 0 Å². The maximum Gasteiger partial charge on any atom is 0.337 e. The van der Waals surface area contributed by atoms with E-state index in [2.05, 4.69) is 5.32 Å². The maximum atomic E-state index is 13.1. The third-order valence-corrected chi connectivity index (χ3v) is 5.70. The van der Waals surface area contributed by atoms with Crippen molar-refractivity contribution in [1.29, 1.82) is 0 Å². The number of aromatic carboxylic acids is 1. The monoisotopic (exact) mass is 480 g/mol. The number of anilines is 1. The first-order chi connectivity index (χ1) is 15.8. The predicted molar refractivity (Wildman–Crippen MR) is 128 cm³/mol.